The molecule has 0 saturated carbocycles. The number of nitro benzene ring substituents is 1. The normalized spacial score (nSPS) is 21.2. The molecule has 2 N–H and O–H groups in total. The van der Waals surface area contributed by atoms with Crippen molar-refractivity contribution in [2.24, 2.45) is 5.73 Å². The molecular weight excluding hydrogens is 342 g/mol. The van der Waals surface area contributed by atoms with Gasteiger partial charge in [0.1, 0.15) is 17.4 Å². The summed E-state index contributed by atoms with van der Waals surface area (Å²) >= 11 is 0. The first-order valence-corrected chi connectivity index (χ1v) is 7.93. The van der Waals surface area contributed by atoms with Gasteiger partial charge >= 0.3 is 0 Å². The van der Waals surface area contributed by atoms with Crippen LogP contribution in [0.25, 0.3) is 0 Å². The highest BCUT2D eigenvalue weighted by Gasteiger charge is 2.41. The molecule has 1 aromatic rings. The summed E-state index contributed by atoms with van der Waals surface area (Å²) in [5.41, 5.74) is 5.98. The first kappa shape index (κ1) is 16.0. The molecule has 4 rings (SSSR count). The van der Waals surface area contributed by atoms with Crippen LogP contribution in [0.5, 0.6) is 11.5 Å². The molecule has 0 saturated heterocycles. The monoisotopic (exact) mass is 355 g/mol. The van der Waals surface area contributed by atoms with Crippen LogP contribution in [-0.4, -0.2) is 17.5 Å². The Balaban J connectivity index is 1.98. The Labute approximate surface area is 147 Å². The summed E-state index contributed by atoms with van der Waals surface area (Å²) in [5, 5.41) is 21.2. The summed E-state index contributed by atoms with van der Waals surface area (Å²) in [5.74, 6) is -0.381. The van der Waals surface area contributed by atoms with Crippen molar-refractivity contribution in [3.63, 3.8) is 0 Å². The highest BCUT2D eigenvalue weighted by Crippen LogP contribution is 2.49. The van der Waals surface area contributed by atoms with Crippen LogP contribution in [0.3, 0.4) is 0 Å². The molecule has 26 heavy (non-hydrogen) atoms. The van der Waals surface area contributed by atoms with E-state index in [9.17, 15) is 20.2 Å². The number of fused-ring (bicyclic) bond motifs is 1. The first-order chi connectivity index (χ1) is 12.5. The van der Waals surface area contributed by atoms with Gasteiger partial charge in [0.15, 0.2) is 17.3 Å². The second-order valence-corrected chi connectivity index (χ2v) is 6.06. The number of ether oxygens (including phenoxy) is 3. The van der Waals surface area contributed by atoms with E-state index in [-0.39, 0.29) is 53.0 Å². The van der Waals surface area contributed by atoms with Crippen molar-refractivity contribution in [3.05, 3.63) is 50.6 Å². The van der Waals surface area contributed by atoms with Gasteiger partial charge < -0.3 is 19.9 Å². The molecule has 0 unspecified atom stereocenters. The molecule has 3 aliphatic rings. The van der Waals surface area contributed by atoms with Crippen LogP contribution in [-0.2, 0) is 9.53 Å². The molecular formula is C17H13N3O6. The topological polar surface area (TPSA) is 138 Å². The van der Waals surface area contributed by atoms with Crippen LogP contribution >= 0.6 is 0 Å². The van der Waals surface area contributed by atoms with E-state index in [0.29, 0.717) is 24.4 Å². The Hall–Kier alpha value is -3.54. The number of nitriles is 1. The number of Topliss-reactive ketones (excluding diaryl/α,β-unsaturated/α-hetero) is 1. The molecule has 0 amide bonds. The minimum atomic E-state index is -0.966. The Kier molecular flexibility index (Phi) is 3.54. The standard InChI is InChI=1S/C17H13N3O6/c18-6-9-15(16-11(21)2-1-3-12(16)26-17(9)19)8-4-13-14(25-7-24-13)5-10(8)20(22)23/h4-5,15H,1-3,7,19H2/t15-/m1/s1. The molecule has 1 aromatic carbocycles. The van der Waals surface area contributed by atoms with E-state index in [1.807, 2.05) is 6.07 Å². The Morgan fingerprint density at radius 3 is 2.69 bits per heavy atom. The maximum absolute atomic E-state index is 12.6. The molecule has 0 aromatic heterocycles. The number of allylic oxidation sites excluding steroid dienone is 3. The maximum atomic E-state index is 12.6. The quantitative estimate of drug-likeness (QED) is 0.629. The van der Waals surface area contributed by atoms with Crippen LogP contribution in [0.1, 0.15) is 30.7 Å². The number of ketones is 1. The highest BCUT2D eigenvalue weighted by molar-refractivity contribution is 5.99. The Morgan fingerprint density at radius 1 is 1.27 bits per heavy atom. The van der Waals surface area contributed by atoms with Crippen LogP contribution in [0.2, 0.25) is 0 Å². The third-order valence-corrected chi connectivity index (χ3v) is 4.63. The van der Waals surface area contributed by atoms with E-state index in [0.717, 1.165) is 0 Å². The molecule has 1 aliphatic carbocycles. The number of rotatable bonds is 2. The van der Waals surface area contributed by atoms with Crippen molar-refractivity contribution in [1.82, 2.24) is 0 Å². The lowest BCUT2D eigenvalue weighted by atomic mass is 9.77. The lowest BCUT2D eigenvalue weighted by molar-refractivity contribution is -0.385. The third-order valence-electron chi connectivity index (χ3n) is 4.63. The van der Waals surface area contributed by atoms with E-state index in [4.69, 9.17) is 19.9 Å². The maximum Gasteiger partial charge on any atom is 0.277 e. The van der Waals surface area contributed by atoms with Crippen molar-refractivity contribution >= 4 is 11.5 Å². The van der Waals surface area contributed by atoms with Gasteiger partial charge in [0, 0.05) is 24.0 Å². The predicted molar refractivity (Wildman–Crippen MR) is 85.8 cm³/mol. The number of nitro groups is 1. The van der Waals surface area contributed by atoms with Gasteiger partial charge in [-0.05, 0) is 12.5 Å². The minimum Gasteiger partial charge on any atom is -0.454 e. The molecule has 2 aliphatic heterocycles. The minimum absolute atomic E-state index is 0.0269. The van der Waals surface area contributed by atoms with Crippen LogP contribution in [0.15, 0.2) is 34.9 Å². The number of carbonyl (C=O) groups excluding carboxylic acids is 1. The summed E-state index contributed by atoms with van der Waals surface area (Å²) in [6, 6.07) is 4.62. The van der Waals surface area contributed by atoms with E-state index in [1.165, 1.54) is 12.1 Å². The van der Waals surface area contributed by atoms with E-state index < -0.39 is 10.8 Å². The van der Waals surface area contributed by atoms with E-state index in [2.05, 4.69) is 0 Å². The van der Waals surface area contributed by atoms with Crippen molar-refractivity contribution < 1.29 is 23.9 Å². The Morgan fingerprint density at radius 2 is 2.00 bits per heavy atom. The zero-order chi connectivity index (χ0) is 18.4. The number of carbonyl (C=O) groups is 1. The van der Waals surface area contributed by atoms with Gasteiger partial charge in [0.05, 0.1) is 16.9 Å². The molecule has 9 heteroatoms. The molecule has 2 heterocycles. The third kappa shape index (κ3) is 2.27. The number of hydrogen-bond acceptors (Lipinski definition) is 8. The summed E-state index contributed by atoms with van der Waals surface area (Å²) in [4.78, 5) is 23.6. The number of hydrogen-bond donors (Lipinski definition) is 1. The molecule has 0 bridgehead atoms. The van der Waals surface area contributed by atoms with Gasteiger partial charge in [0.2, 0.25) is 12.7 Å². The summed E-state index contributed by atoms with van der Waals surface area (Å²) < 4.78 is 16.0. The summed E-state index contributed by atoms with van der Waals surface area (Å²) in [7, 11) is 0. The van der Waals surface area contributed by atoms with Crippen molar-refractivity contribution in [2.75, 3.05) is 6.79 Å². The zero-order valence-corrected chi connectivity index (χ0v) is 13.5. The number of nitrogens with two attached hydrogens (primary N) is 1. The fourth-order valence-corrected chi connectivity index (χ4v) is 3.50. The summed E-state index contributed by atoms with van der Waals surface area (Å²) in [6.45, 7) is -0.0559. The second kappa shape index (κ2) is 5.77. The number of nitrogens with zero attached hydrogens (tertiary/aromatic N) is 2. The van der Waals surface area contributed by atoms with Gasteiger partial charge in [-0.2, -0.15) is 5.26 Å². The van der Waals surface area contributed by atoms with Crippen LogP contribution in [0.4, 0.5) is 5.69 Å². The molecule has 0 spiro atoms. The fourth-order valence-electron chi connectivity index (χ4n) is 3.50. The molecule has 1 atom stereocenters. The van der Waals surface area contributed by atoms with Crippen LogP contribution in [0, 0.1) is 21.4 Å². The lowest BCUT2D eigenvalue weighted by Crippen LogP contribution is -2.27. The van der Waals surface area contributed by atoms with E-state index >= 15 is 0 Å². The number of benzene rings is 1. The fraction of sp³-hybridized carbons (Fsp3) is 0.294. The molecule has 0 radical (unpaired) electrons. The first-order valence-electron chi connectivity index (χ1n) is 7.93. The second-order valence-electron chi connectivity index (χ2n) is 6.06. The average molecular weight is 355 g/mol. The smallest absolute Gasteiger partial charge is 0.277 e. The average Bonchev–Trinajstić information content (AvgIpc) is 3.07. The SMILES string of the molecule is N#CC1=C(N)OC2=C(C(=O)CCC2)[C@@H]1c1cc2c(cc1[N+](=O)[O-])OCO2. The van der Waals surface area contributed by atoms with Gasteiger partial charge in [-0.25, -0.2) is 0 Å². The zero-order valence-electron chi connectivity index (χ0n) is 13.5. The Bertz CT molecular complexity index is 956. The van der Waals surface area contributed by atoms with Crippen molar-refractivity contribution in [3.8, 4) is 17.6 Å². The molecule has 9 nitrogen and oxygen atoms in total. The van der Waals surface area contributed by atoms with Gasteiger partial charge in [-0.3, -0.25) is 14.9 Å². The summed E-state index contributed by atoms with van der Waals surface area (Å²) in [6.07, 6.45) is 1.37. The molecule has 132 valence electrons. The highest BCUT2D eigenvalue weighted by atomic mass is 16.7. The molecule has 0 fully saturated rings. The van der Waals surface area contributed by atoms with Gasteiger partial charge in [-0.1, -0.05) is 0 Å². The van der Waals surface area contributed by atoms with Crippen molar-refractivity contribution in [1.29, 1.82) is 5.26 Å². The van der Waals surface area contributed by atoms with Gasteiger partial charge in [-0.15, -0.1) is 0 Å². The van der Waals surface area contributed by atoms with Crippen molar-refractivity contribution in [2.45, 2.75) is 25.2 Å². The van der Waals surface area contributed by atoms with Gasteiger partial charge in [0.25, 0.3) is 5.69 Å². The predicted octanol–water partition coefficient (Wildman–Crippen LogP) is 2.14. The van der Waals surface area contributed by atoms with Crippen LogP contribution < -0.4 is 15.2 Å². The van der Waals surface area contributed by atoms with E-state index in [1.54, 1.807) is 0 Å². The lowest BCUT2D eigenvalue weighted by Gasteiger charge is -2.30. The largest absolute Gasteiger partial charge is 0.454 e.